The second-order valence-corrected chi connectivity index (χ2v) is 9.16. The Bertz CT molecular complexity index is 422. The summed E-state index contributed by atoms with van der Waals surface area (Å²) in [5, 5.41) is 16.5. The zero-order chi connectivity index (χ0) is 20.9. The summed E-state index contributed by atoms with van der Waals surface area (Å²) in [7, 11) is -2.60. The van der Waals surface area contributed by atoms with Crippen LogP contribution in [-0.2, 0) is 0 Å². The van der Waals surface area contributed by atoms with E-state index in [1.807, 2.05) is 0 Å². The summed E-state index contributed by atoms with van der Waals surface area (Å²) in [6, 6.07) is 0.502. The van der Waals surface area contributed by atoms with E-state index in [2.05, 4.69) is 0 Å². The molecular formula is C13H24F9N3Si. The molecule has 0 unspecified atom stereocenters. The lowest BCUT2D eigenvalue weighted by molar-refractivity contribution is -0.396. The number of nitrogens with two attached hydrogens (primary N) is 3. The van der Waals surface area contributed by atoms with E-state index < -0.39 is 45.3 Å². The molecule has 0 fully saturated rings. The first-order chi connectivity index (χ1) is 11.5. The Kier molecular flexibility index (Phi) is 8.92. The largest absolute Gasteiger partial charge is 0.460 e. The van der Waals surface area contributed by atoms with Crippen LogP contribution in [0.1, 0.15) is 51.4 Å². The Balaban J connectivity index is 4.22. The van der Waals surface area contributed by atoms with Crippen LogP contribution in [0.2, 0.25) is 6.04 Å². The van der Waals surface area contributed by atoms with Crippen molar-refractivity contribution < 1.29 is 39.5 Å². The molecule has 158 valence electrons. The molecule has 0 amide bonds. The zero-order valence-electron chi connectivity index (χ0n) is 14.0. The van der Waals surface area contributed by atoms with Crippen molar-refractivity contribution in [1.29, 1.82) is 0 Å². The van der Waals surface area contributed by atoms with Crippen molar-refractivity contribution in [2.75, 3.05) is 0 Å². The standard InChI is InChI=1S/C13H24F9N3Si/c14-10(15,11(16,17)12(18,19)13(20,21)22)8-6-4-2-1-3-5-7-9-26(23,24)25/h1-9,23-25H2. The molecule has 0 spiro atoms. The van der Waals surface area contributed by atoms with Crippen molar-refractivity contribution >= 4 is 8.56 Å². The maximum atomic E-state index is 13.3. The molecule has 0 rings (SSSR count). The summed E-state index contributed by atoms with van der Waals surface area (Å²) in [5.41, 5.74) is 0. The van der Waals surface area contributed by atoms with Crippen LogP contribution in [0.3, 0.4) is 0 Å². The van der Waals surface area contributed by atoms with Crippen molar-refractivity contribution in [2.24, 2.45) is 16.2 Å². The SMILES string of the molecule is N[Si](N)(N)CCCCCCCCCC(F)(F)C(F)(F)C(F)(F)C(F)(F)F. The molecule has 3 nitrogen and oxygen atoms in total. The van der Waals surface area contributed by atoms with Crippen LogP contribution in [-0.4, -0.2) is 32.5 Å². The lowest BCUT2D eigenvalue weighted by Gasteiger charge is -2.33. The van der Waals surface area contributed by atoms with E-state index in [-0.39, 0.29) is 6.42 Å². The lowest BCUT2D eigenvalue weighted by Crippen LogP contribution is -2.64. The van der Waals surface area contributed by atoms with Crippen molar-refractivity contribution in [2.45, 2.75) is 81.4 Å². The van der Waals surface area contributed by atoms with E-state index in [9.17, 15) is 39.5 Å². The molecule has 0 aromatic rings. The molecule has 6 N–H and O–H groups in total. The van der Waals surface area contributed by atoms with Gasteiger partial charge in [0.15, 0.2) is 0 Å². The van der Waals surface area contributed by atoms with Gasteiger partial charge in [0.1, 0.15) is 0 Å². The average Bonchev–Trinajstić information content (AvgIpc) is 2.42. The van der Waals surface area contributed by atoms with Gasteiger partial charge in [0.25, 0.3) is 8.56 Å². The first-order valence-electron chi connectivity index (χ1n) is 8.02. The van der Waals surface area contributed by atoms with E-state index in [1.165, 1.54) is 0 Å². The fourth-order valence-corrected chi connectivity index (χ4v) is 3.09. The second-order valence-electron chi connectivity index (χ2n) is 6.44. The van der Waals surface area contributed by atoms with Gasteiger partial charge in [0, 0.05) is 6.42 Å². The molecule has 0 radical (unpaired) electrons. The maximum Gasteiger partial charge on any atom is 0.460 e. The van der Waals surface area contributed by atoms with E-state index in [4.69, 9.17) is 16.2 Å². The Morgan fingerprint density at radius 3 is 1.31 bits per heavy atom. The van der Waals surface area contributed by atoms with Gasteiger partial charge < -0.3 is 16.2 Å². The summed E-state index contributed by atoms with van der Waals surface area (Å²) >= 11 is 0. The number of hydrogen-bond acceptors (Lipinski definition) is 3. The van der Waals surface area contributed by atoms with E-state index >= 15 is 0 Å². The van der Waals surface area contributed by atoms with Crippen molar-refractivity contribution in [3.63, 3.8) is 0 Å². The highest BCUT2D eigenvalue weighted by atomic mass is 28.4. The highest BCUT2D eigenvalue weighted by Crippen LogP contribution is 2.54. The summed E-state index contributed by atoms with van der Waals surface area (Å²) < 4.78 is 114. The smallest absolute Gasteiger partial charge is 0.327 e. The van der Waals surface area contributed by atoms with Gasteiger partial charge in [0.05, 0.1) is 0 Å². The molecule has 0 aliphatic rings. The minimum Gasteiger partial charge on any atom is -0.327 e. The normalized spacial score (nSPS) is 14.8. The summed E-state index contributed by atoms with van der Waals surface area (Å²) in [6.07, 6.45) is -6.09. The van der Waals surface area contributed by atoms with Crippen LogP contribution in [0.5, 0.6) is 0 Å². The van der Waals surface area contributed by atoms with Crippen LogP contribution in [0, 0.1) is 0 Å². The summed E-state index contributed by atoms with van der Waals surface area (Å²) in [5.74, 6) is -18.8. The number of hydrogen-bond donors (Lipinski definition) is 3. The van der Waals surface area contributed by atoms with Crippen LogP contribution in [0.4, 0.5) is 39.5 Å². The van der Waals surface area contributed by atoms with Crippen LogP contribution in [0.25, 0.3) is 0 Å². The molecule has 26 heavy (non-hydrogen) atoms. The zero-order valence-corrected chi connectivity index (χ0v) is 15.0. The molecule has 13 heteroatoms. The van der Waals surface area contributed by atoms with Gasteiger partial charge in [-0.25, -0.2) is 0 Å². The molecule has 0 heterocycles. The Morgan fingerprint density at radius 2 is 0.923 bits per heavy atom. The Hall–Kier alpha value is -0.533. The monoisotopic (exact) mass is 421 g/mol. The van der Waals surface area contributed by atoms with E-state index in [0.717, 1.165) is 6.42 Å². The number of rotatable bonds is 12. The average molecular weight is 421 g/mol. The first-order valence-corrected chi connectivity index (χ1v) is 10.5. The topological polar surface area (TPSA) is 78.1 Å². The molecule has 0 saturated heterocycles. The third-order valence-corrected chi connectivity index (χ3v) is 5.03. The third kappa shape index (κ3) is 7.23. The molecular weight excluding hydrogens is 397 g/mol. The quantitative estimate of drug-likeness (QED) is 0.248. The van der Waals surface area contributed by atoms with Gasteiger partial charge in [-0.3, -0.25) is 0 Å². The van der Waals surface area contributed by atoms with Crippen molar-refractivity contribution in [1.82, 2.24) is 0 Å². The molecule has 0 aromatic heterocycles. The van der Waals surface area contributed by atoms with Gasteiger partial charge in [0.2, 0.25) is 0 Å². The summed E-state index contributed by atoms with van der Waals surface area (Å²) in [6.45, 7) is 0. The van der Waals surface area contributed by atoms with Crippen LogP contribution >= 0.6 is 0 Å². The highest BCUT2D eigenvalue weighted by Gasteiger charge is 2.81. The number of alkyl halides is 9. The van der Waals surface area contributed by atoms with Gasteiger partial charge in [-0.2, -0.15) is 39.5 Å². The molecule has 0 aliphatic heterocycles. The Labute approximate surface area is 146 Å². The van der Waals surface area contributed by atoms with Crippen molar-refractivity contribution in [3.8, 4) is 0 Å². The van der Waals surface area contributed by atoms with Gasteiger partial charge >= 0.3 is 23.9 Å². The van der Waals surface area contributed by atoms with Crippen LogP contribution in [0.15, 0.2) is 0 Å². The van der Waals surface area contributed by atoms with Gasteiger partial charge in [-0.1, -0.05) is 38.5 Å². The summed E-state index contributed by atoms with van der Waals surface area (Å²) in [4.78, 5) is 0. The highest BCUT2D eigenvalue weighted by molar-refractivity contribution is 6.70. The molecule has 0 bridgehead atoms. The third-order valence-electron chi connectivity index (χ3n) is 3.81. The van der Waals surface area contributed by atoms with E-state index in [0.29, 0.717) is 31.7 Å². The fourth-order valence-electron chi connectivity index (χ4n) is 2.23. The van der Waals surface area contributed by atoms with Crippen LogP contribution < -0.4 is 16.2 Å². The molecule has 0 saturated carbocycles. The lowest BCUT2D eigenvalue weighted by atomic mass is 9.98. The van der Waals surface area contributed by atoms with Gasteiger partial charge in [-0.15, -0.1) is 0 Å². The molecule has 0 aromatic carbocycles. The minimum atomic E-state index is -6.81. The second kappa shape index (κ2) is 9.11. The predicted molar refractivity (Wildman–Crippen MR) is 81.0 cm³/mol. The first kappa shape index (κ1) is 25.5. The number of unbranched alkanes of at least 4 members (excludes halogenated alkanes) is 6. The van der Waals surface area contributed by atoms with Gasteiger partial charge in [-0.05, 0) is 12.5 Å². The van der Waals surface area contributed by atoms with Crippen molar-refractivity contribution in [3.05, 3.63) is 0 Å². The van der Waals surface area contributed by atoms with E-state index in [1.54, 1.807) is 0 Å². The fraction of sp³-hybridized carbons (Fsp3) is 1.00. The minimum absolute atomic E-state index is 0.00656. The molecule has 0 atom stereocenters. The maximum absolute atomic E-state index is 13.3. The Morgan fingerprint density at radius 1 is 0.538 bits per heavy atom. The predicted octanol–water partition coefficient (Wildman–Crippen LogP) is 4.39. The molecule has 0 aliphatic carbocycles. The number of halogens is 9.